The second-order valence-corrected chi connectivity index (χ2v) is 7.49. The number of aryl methyl sites for hydroxylation is 2. The van der Waals surface area contributed by atoms with Crippen molar-refractivity contribution in [1.82, 2.24) is 15.1 Å². The van der Waals surface area contributed by atoms with Crippen molar-refractivity contribution in [2.45, 2.75) is 13.5 Å². The van der Waals surface area contributed by atoms with Gasteiger partial charge in [-0.25, -0.2) is 0 Å². The van der Waals surface area contributed by atoms with Crippen molar-refractivity contribution in [2.75, 3.05) is 5.32 Å². The summed E-state index contributed by atoms with van der Waals surface area (Å²) in [5.74, 6) is -0.604. The van der Waals surface area contributed by atoms with Crippen LogP contribution in [0.5, 0.6) is 0 Å². The van der Waals surface area contributed by atoms with Crippen LogP contribution in [0.3, 0.4) is 0 Å². The number of hydrogen-bond acceptors (Lipinski definition) is 5. The Hall–Kier alpha value is -4.46. The summed E-state index contributed by atoms with van der Waals surface area (Å²) in [7, 11) is 1.60. The van der Waals surface area contributed by atoms with E-state index in [2.05, 4.69) is 15.7 Å². The van der Waals surface area contributed by atoms with Crippen LogP contribution in [0.1, 0.15) is 48.1 Å². The van der Waals surface area contributed by atoms with Gasteiger partial charge in [0.1, 0.15) is 11.5 Å². The summed E-state index contributed by atoms with van der Waals surface area (Å²) in [5, 5.41) is 9.55. The molecule has 2 N–H and O–H groups in total. The molecule has 0 saturated carbocycles. The lowest BCUT2D eigenvalue weighted by Crippen LogP contribution is -2.27. The first-order valence-electron chi connectivity index (χ1n) is 10.3. The highest BCUT2D eigenvalue weighted by Crippen LogP contribution is 2.20. The van der Waals surface area contributed by atoms with Crippen LogP contribution in [0.2, 0.25) is 0 Å². The normalized spacial score (nSPS) is 10.6. The molecule has 2 aromatic carbocycles. The van der Waals surface area contributed by atoms with Gasteiger partial charge in [-0.15, -0.1) is 0 Å². The van der Waals surface area contributed by atoms with Gasteiger partial charge in [-0.05, 0) is 25.1 Å². The largest absolute Gasteiger partial charge is 0.467 e. The Balaban J connectivity index is 1.55. The molecule has 0 aliphatic rings. The zero-order valence-corrected chi connectivity index (χ0v) is 18.2. The summed E-state index contributed by atoms with van der Waals surface area (Å²) in [6, 6.07) is 17.2. The van der Waals surface area contributed by atoms with Gasteiger partial charge in [0.25, 0.3) is 11.8 Å². The average molecular weight is 442 g/mol. The van der Waals surface area contributed by atoms with Gasteiger partial charge in [0.2, 0.25) is 0 Å². The molecule has 4 aromatic rings. The van der Waals surface area contributed by atoms with Crippen molar-refractivity contribution in [1.29, 1.82) is 0 Å². The summed E-state index contributed by atoms with van der Waals surface area (Å²) in [4.78, 5) is 38.9. The highest BCUT2D eigenvalue weighted by Gasteiger charge is 2.22. The van der Waals surface area contributed by atoms with E-state index in [0.717, 1.165) is 5.56 Å². The van der Waals surface area contributed by atoms with Crippen molar-refractivity contribution in [3.63, 3.8) is 0 Å². The molecule has 0 radical (unpaired) electrons. The van der Waals surface area contributed by atoms with Gasteiger partial charge in [0.05, 0.1) is 30.3 Å². The number of aromatic nitrogens is 2. The molecule has 2 amide bonds. The van der Waals surface area contributed by atoms with Crippen LogP contribution in [0.25, 0.3) is 0 Å². The maximum Gasteiger partial charge on any atom is 0.272 e. The van der Waals surface area contributed by atoms with E-state index in [1.54, 1.807) is 55.6 Å². The Bertz CT molecular complexity index is 1300. The minimum absolute atomic E-state index is 0.178. The second kappa shape index (κ2) is 9.35. The van der Waals surface area contributed by atoms with E-state index in [0.29, 0.717) is 11.3 Å². The van der Waals surface area contributed by atoms with E-state index in [-0.39, 0.29) is 34.8 Å². The third-order valence-electron chi connectivity index (χ3n) is 5.14. The van der Waals surface area contributed by atoms with Crippen molar-refractivity contribution in [2.24, 2.45) is 7.05 Å². The zero-order chi connectivity index (χ0) is 23.4. The van der Waals surface area contributed by atoms with Crippen LogP contribution in [-0.2, 0) is 13.6 Å². The number of ketones is 1. The van der Waals surface area contributed by atoms with Crippen LogP contribution >= 0.6 is 0 Å². The smallest absolute Gasteiger partial charge is 0.272 e. The minimum atomic E-state index is -0.515. The Labute approximate surface area is 190 Å². The highest BCUT2D eigenvalue weighted by molar-refractivity contribution is 6.18. The molecule has 0 bridgehead atoms. The number of amides is 2. The van der Waals surface area contributed by atoms with Crippen LogP contribution in [0.15, 0.2) is 77.5 Å². The first-order chi connectivity index (χ1) is 15.9. The Morgan fingerprint density at radius 3 is 2.36 bits per heavy atom. The predicted molar refractivity (Wildman–Crippen MR) is 122 cm³/mol. The number of benzene rings is 2. The number of anilines is 1. The van der Waals surface area contributed by atoms with Gasteiger partial charge in [-0.1, -0.05) is 48.0 Å². The van der Waals surface area contributed by atoms with Crippen molar-refractivity contribution in [3.05, 3.63) is 107 Å². The summed E-state index contributed by atoms with van der Waals surface area (Å²) in [6.45, 7) is 2.13. The summed E-state index contributed by atoms with van der Waals surface area (Å²) in [5.41, 5.74) is 2.40. The lowest BCUT2D eigenvalue weighted by molar-refractivity contribution is 0.0938. The molecule has 4 rings (SSSR count). The third kappa shape index (κ3) is 4.74. The lowest BCUT2D eigenvalue weighted by Gasteiger charge is -2.11. The molecule has 166 valence electrons. The molecule has 0 fully saturated rings. The Morgan fingerprint density at radius 1 is 0.939 bits per heavy atom. The fourth-order valence-corrected chi connectivity index (χ4v) is 3.39. The lowest BCUT2D eigenvalue weighted by atomic mass is 9.97. The first-order valence-corrected chi connectivity index (χ1v) is 10.3. The number of nitrogens with zero attached hydrogens (tertiary/aromatic N) is 2. The van der Waals surface area contributed by atoms with E-state index >= 15 is 0 Å². The van der Waals surface area contributed by atoms with Crippen LogP contribution in [-0.4, -0.2) is 27.4 Å². The molecule has 2 heterocycles. The highest BCUT2D eigenvalue weighted by atomic mass is 16.3. The summed E-state index contributed by atoms with van der Waals surface area (Å²) >= 11 is 0. The maximum atomic E-state index is 13.1. The van der Waals surface area contributed by atoms with E-state index in [1.807, 2.05) is 19.1 Å². The molecule has 0 atom stereocenters. The van der Waals surface area contributed by atoms with Crippen LogP contribution < -0.4 is 10.6 Å². The van der Waals surface area contributed by atoms with E-state index < -0.39 is 11.8 Å². The minimum Gasteiger partial charge on any atom is -0.467 e. The topological polar surface area (TPSA) is 106 Å². The van der Waals surface area contributed by atoms with Gasteiger partial charge in [-0.3, -0.25) is 19.1 Å². The summed E-state index contributed by atoms with van der Waals surface area (Å²) in [6.07, 6.45) is 2.91. The maximum absolute atomic E-state index is 13.1. The van der Waals surface area contributed by atoms with Crippen LogP contribution in [0, 0.1) is 6.92 Å². The molecule has 0 spiro atoms. The standard InChI is InChI=1S/C25H22N4O4/c1-16-9-11-17(12-10-16)23(30)19-7-3-4-8-20(19)24(31)28-21-15-27-29(2)22(21)25(32)26-14-18-6-5-13-33-18/h3-13,15H,14H2,1-2H3,(H,26,32)(H,28,31). The van der Waals surface area contributed by atoms with Crippen molar-refractivity contribution < 1.29 is 18.8 Å². The number of nitrogens with one attached hydrogen (secondary N) is 2. The number of furan rings is 1. The molecule has 0 unspecified atom stereocenters. The fourth-order valence-electron chi connectivity index (χ4n) is 3.39. The van der Waals surface area contributed by atoms with Gasteiger partial charge >= 0.3 is 0 Å². The molecule has 2 aromatic heterocycles. The summed E-state index contributed by atoms with van der Waals surface area (Å²) < 4.78 is 6.60. The number of carbonyl (C=O) groups excluding carboxylic acids is 3. The first kappa shape index (κ1) is 21.8. The van der Waals surface area contributed by atoms with Crippen molar-refractivity contribution in [3.8, 4) is 0 Å². The van der Waals surface area contributed by atoms with Gasteiger partial charge in [0.15, 0.2) is 5.78 Å². The molecule has 0 saturated heterocycles. The molecule has 33 heavy (non-hydrogen) atoms. The molecule has 0 aliphatic carbocycles. The van der Waals surface area contributed by atoms with Crippen molar-refractivity contribution >= 4 is 23.3 Å². The van der Waals surface area contributed by atoms with Gasteiger partial charge in [0, 0.05) is 18.2 Å². The molecule has 8 heteroatoms. The molecule has 0 aliphatic heterocycles. The average Bonchev–Trinajstić information content (AvgIpc) is 3.47. The Morgan fingerprint density at radius 2 is 1.67 bits per heavy atom. The third-order valence-corrected chi connectivity index (χ3v) is 5.14. The monoisotopic (exact) mass is 442 g/mol. The number of rotatable bonds is 7. The predicted octanol–water partition coefficient (Wildman–Crippen LogP) is 3.73. The quantitative estimate of drug-likeness (QED) is 0.424. The number of hydrogen-bond donors (Lipinski definition) is 2. The van der Waals surface area contributed by atoms with Crippen LogP contribution in [0.4, 0.5) is 5.69 Å². The fraction of sp³-hybridized carbons (Fsp3) is 0.120. The number of carbonyl (C=O) groups is 3. The van der Waals surface area contributed by atoms with E-state index in [9.17, 15) is 14.4 Å². The molecular weight excluding hydrogens is 420 g/mol. The zero-order valence-electron chi connectivity index (χ0n) is 18.2. The Kier molecular flexibility index (Phi) is 6.17. The van der Waals surface area contributed by atoms with Gasteiger partial charge < -0.3 is 15.1 Å². The van der Waals surface area contributed by atoms with Gasteiger partial charge in [-0.2, -0.15) is 5.10 Å². The molecule has 8 nitrogen and oxygen atoms in total. The van der Waals surface area contributed by atoms with E-state index in [1.165, 1.54) is 17.1 Å². The molecular formula is C25H22N4O4. The SMILES string of the molecule is Cc1ccc(C(=O)c2ccccc2C(=O)Nc2cnn(C)c2C(=O)NCc2ccco2)cc1. The van der Waals surface area contributed by atoms with E-state index in [4.69, 9.17) is 4.42 Å². The second-order valence-electron chi connectivity index (χ2n) is 7.49.